The number of likely N-dealkylation sites (tertiary alicyclic amines) is 1. The van der Waals surface area contributed by atoms with Crippen LogP contribution in [0.3, 0.4) is 0 Å². The topological polar surface area (TPSA) is 107 Å². The third kappa shape index (κ3) is 5.21. The van der Waals surface area contributed by atoms with Crippen molar-refractivity contribution >= 4 is 56.5 Å². The maximum atomic E-state index is 13.5. The number of carbonyl (C=O) groups is 3. The summed E-state index contributed by atoms with van der Waals surface area (Å²) in [5, 5.41) is 6.74. The van der Waals surface area contributed by atoms with Crippen molar-refractivity contribution in [1.29, 1.82) is 0 Å². The number of pyridine rings is 1. The van der Waals surface area contributed by atoms with Gasteiger partial charge in [0.05, 0.1) is 29.0 Å². The summed E-state index contributed by atoms with van der Waals surface area (Å²) in [6.07, 6.45) is 2.33. The van der Waals surface area contributed by atoms with E-state index in [1.54, 1.807) is 22.1 Å². The van der Waals surface area contributed by atoms with Crippen molar-refractivity contribution in [3.63, 3.8) is 0 Å². The number of para-hydroxylation sites is 1. The van der Waals surface area contributed by atoms with Crippen molar-refractivity contribution in [2.75, 3.05) is 43.9 Å². The van der Waals surface area contributed by atoms with Gasteiger partial charge in [-0.3, -0.25) is 14.5 Å². The predicted molar refractivity (Wildman–Crippen MR) is 159 cm³/mol. The van der Waals surface area contributed by atoms with Crippen molar-refractivity contribution < 1.29 is 19.1 Å². The number of benzene rings is 2. The zero-order chi connectivity index (χ0) is 28.7. The molecule has 0 aliphatic carbocycles. The summed E-state index contributed by atoms with van der Waals surface area (Å²) in [4.78, 5) is 50.2. The lowest BCUT2D eigenvalue weighted by molar-refractivity contribution is -0.130. The summed E-state index contributed by atoms with van der Waals surface area (Å²) in [7, 11) is 3.71. The van der Waals surface area contributed by atoms with Crippen LogP contribution >= 0.6 is 11.3 Å². The van der Waals surface area contributed by atoms with Gasteiger partial charge in [-0.05, 0) is 69.4 Å². The molecule has 2 aliphatic rings. The second-order valence-electron chi connectivity index (χ2n) is 10.5. The molecule has 2 N–H and O–H groups in total. The number of ether oxygens (including phenoxy) is 1. The number of rotatable bonds is 7. The van der Waals surface area contributed by atoms with Crippen molar-refractivity contribution in [3.8, 4) is 11.5 Å². The van der Waals surface area contributed by atoms with Crippen LogP contribution in [0, 0.1) is 6.92 Å². The van der Waals surface area contributed by atoms with Gasteiger partial charge in [0.25, 0.3) is 5.91 Å². The second-order valence-corrected chi connectivity index (χ2v) is 11.5. The van der Waals surface area contributed by atoms with Crippen LogP contribution < -0.4 is 20.3 Å². The number of carbonyl (C=O) groups excluding carboxylic acids is 3. The number of anilines is 3. The van der Waals surface area contributed by atoms with Crippen LogP contribution in [0.4, 0.5) is 21.9 Å². The smallest absolute Gasteiger partial charge is 0.331 e. The summed E-state index contributed by atoms with van der Waals surface area (Å²) in [5.74, 6) is 1.15. The van der Waals surface area contributed by atoms with Gasteiger partial charge in [0.1, 0.15) is 21.2 Å². The average Bonchev–Trinajstić information content (AvgIpc) is 3.56. The molecule has 210 valence electrons. The molecule has 0 saturated carbocycles. The molecule has 0 bridgehead atoms. The van der Waals surface area contributed by atoms with Crippen LogP contribution in [0.2, 0.25) is 0 Å². The summed E-state index contributed by atoms with van der Waals surface area (Å²) >= 11 is 1.25. The minimum atomic E-state index is -0.362. The lowest BCUT2D eigenvalue weighted by atomic mass is 10.1. The fourth-order valence-electron chi connectivity index (χ4n) is 5.28. The lowest BCUT2D eigenvalue weighted by Gasteiger charge is -2.29. The molecule has 41 heavy (non-hydrogen) atoms. The number of hydrogen-bond donors (Lipinski definition) is 2. The highest BCUT2D eigenvalue weighted by Gasteiger charge is 2.35. The highest BCUT2D eigenvalue weighted by atomic mass is 32.1. The Kier molecular flexibility index (Phi) is 7.06. The first-order valence-corrected chi connectivity index (χ1v) is 14.2. The quantitative estimate of drug-likeness (QED) is 0.325. The highest BCUT2D eigenvalue weighted by Crippen LogP contribution is 2.46. The number of nitrogens with one attached hydrogen (secondary N) is 2. The highest BCUT2D eigenvalue weighted by molar-refractivity contribution is 7.21. The SMILES string of the molecule is Cc1cc(Oc2ccccc2)ccc1N1C(=O)Nc2c(C(=O)N[C@@H]3CCN(C(=O)CN(C)C)C3)sc3nccc1c23. The fraction of sp³-hybridized carbons (Fsp3) is 0.267. The molecule has 2 aliphatic heterocycles. The lowest BCUT2D eigenvalue weighted by Crippen LogP contribution is -2.41. The van der Waals surface area contributed by atoms with E-state index < -0.39 is 0 Å². The number of hydrogen-bond acceptors (Lipinski definition) is 7. The number of likely N-dealkylation sites (N-methyl/N-ethyl adjacent to an activating group) is 1. The molecule has 0 spiro atoms. The van der Waals surface area contributed by atoms with Gasteiger partial charge < -0.3 is 25.2 Å². The van der Waals surface area contributed by atoms with E-state index in [1.807, 2.05) is 74.4 Å². The molecule has 1 saturated heterocycles. The van der Waals surface area contributed by atoms with E-state index in [1.165, 1.54) is 11.3 Å². The Morgan fingerprint density at radius 3 is 2.68 bits per heavy atom. The monoisotopic (exact) mass is 570 g/mol. The Morgan fingerprint density at radius 2 is 1.93 bits per heavy atom. The predicted octanol–water partition coefficient (Wildman–Crippen LogP) is 4.97. The number of aryl methyl sites for hydroxylation is 1. The van der Waals surface area contributed by atoms with Crippen molar-refractivity contribution in [2.24, 2.45) is 0 Å². The van der Waals surface area contributed by atoms with E-state index in [0.717, 1.165) is 16.7 Å². The normalized spacial score (nSPS) is 16.3. The number of aromatic nitrogens is 1. The maximum Gasteiger partial charge on any atom is 0.331 e. The summed E-state index contributed by atoms with van der Waals surface area (Å²) in [5.41, 5.74) is 2.67. The molecule has 0 radical (unpaired) electrons. The van der Waals surface area contributed by atoms with Gasteiger partial charge >= 0.3 is 6.03 Å². The Balaban J connectivity index is 1.25. The van der Waals surface area contributed by atoms with Crippen LogP contribution in [0.5, 0.6) is 11.5 Å². The Morgan fingerprint density at radius 1 is 1.12 bits per heavy atom. The zero-order valence-corrected chi connectivity index (χ0v) is 23.8. The van der Waals surface area contributed by atoms with Crippen LogP contribution in [0.25, 0.3) is 10.2 Å². The first-order chi connectivity index (χ1) is 19.8. The van der Waals surface area contributed by atoms with E-state index in [9.17, 15) is 14.4 Å². The molecule has 4 aromatic rings. The van der Waals surface area contributed by atoms with Gasteiger partial charge in [-0.25, -0.2) is 9.78 Å². The molecular weight excluding hydrogens is 540 g/mol. The fourth-order valence-corrected chi connectivity index (χ4v) is 6.30. The van der Waals surface area contributed by atoms with E-state index >= 15 is 0 Å². The largest absolute Gasteiger partial charge is 0.457 e. The molecule has 0 unspecified atom stereocenters. The van der Waals surface area contributed by atoms with Gasteiger partial charge in [0.2, 0.25) is 5.91 Å². The molecule has 10 nitrogen and oxygen atoms in total. The van der Waals surface area contributed by atoms with Gasteiger partial charge in [-0.15, -0.1) is 11.3 Å². The van der Waals surface area contributed by atoms with Crippen LogP contribution in [0.1, 0.15) is 21.7 Å². The van der Waals surface area contributed by atoms with Crippen LogP contribution in [0.15, 0.2) is 60.8 Å². The Hall–Kier alpha value is -4.48. The first-order valence-electron chi connectivity index (χ1n) is 13.4. The molecule has 2 aromatic carbocycles. The Labute approximate surface area is 241 Å². The number of urea groups is 1. The second kappa shape index (κ2) is 10.8. The minimum Gasteiger partial charge on any atom is -0.457 e. The third-order valence-corrected chi connectivity index (χ3v) is 8.26. The molecule has 1 atom stereocenters. The molecule has 1 fully saturated rings. The van der Waals surface area contributed by atoms with Crippen molar-refractivity contribution in [3.05, 3.63) is 71.2 Å². The molecular formula is C30H30N6O4S. The number of amides is 4. The van der Waals surface area contributed by atoms with Gasteiger partial charge in [-0.1, -0.05) is 18.2 Å². The summed E-state index contributed by atoms with van der Waals surface area (Å²) < 4.78 is 5.97. The Bertz CT molecular complexity index is 1650. The number of nitrogens with zero attached hydrogens (tertiary/aromatic N) is 4. The summed E-state index contributed by atoms with van der Waals surface area (Å²) in [6, 6.07) is 16.4. The van der Waals surface area contributed by atoms with Gasteiger partial charge in [-0.2, -0.15) is 0 Å². The third-order valence-electron chi connectivity index (χ3n) is 7.17. The number of thiophene rings is 1. The molecule has 4 heterocycles. The molecule has 2 aromatic heterocycles. The van der Waals surface area contributed by atoms with E-state index in [0.29, 0.717) is 58.6 Å². The van der Waals surface area contributed by atoms with E-state index in [2.05, 4.69) is 15.6 Å². The average molecular weight is 571 g/mol. The van der Waals surface area contributed by atoms with Crippen LogP contribution in [-0.4, -0.2) is 72.4 Å². The maximum absolute atomic E-state index is 13.5. The standard InChI is InChI=1S/C30H30N6O4S/c1-18-15-21(40-20-7-5-4-6-8-20)9-10-22(18)36-23-11-13-31-29-25(23)26(33-30(36)39)27(41-29)28(38)32-19-12-14-35(16-19)24(37)17-34(2)3/h4-11,13,15,19H,12,14,16-17H2,1-3H3,(H,32,38)(H,33,39)/t19-/m1/s1. The molecule has 4 amide bonds. The van der Waals surface area contributed by atoms with Crippen LogP contribution in [-0.2, 0) is 4.79 Å². The van der Waals surface area contributed by atoms with Gasteiger partial charge in [0, 0.05) is 25.3 Å². The van der Waals surface area contributed by atoms with E-state index in [4.69, 9.17) is 4.74 Å². The summed E-state index contributed by atoms with van der Waals surface area (Å²) in [6.45, 7) is 3.32. The van der Waals surface area contributed by atoms with E-state index in [-0.39, 0.29) is 23.9 Å². The zero-order valence-electron chi connectivity index (χ0n) is 23.0. The van der Waals surface area contributed by atoms with Gasteiger partial charge in [0.15, 0.2) is 0 Å². The minimum absolute atomic E-state index is 0.0415. The van der Waals surface area contributed by atoms with Crippen molar-refractivity contribution in [1.82, 2.24) is 20.1 Å². The van der Waals surface area contributed by atoms with Crippen molar-refractivity contribution in [2.45, 2.75) is 19.4 Å². The molecule has 11 heteroatoms. The molecule has 6 rings (SSSR count). The first kappa shape index (κ1) is 26.7.